The van der Waals surface area contributed by atoms with Crippen molar-refractivity contribution in [3.05, 3.63) is 0 Å². The topological polar surface area (TPSA) is 81.1 Å². The Labute approximate surface area is 71.3 Å². The molecule has 0 spiro atoms. The van der Waals surface area contributed by atoms with Crippen molar-refractivity contribution in [2.24, 2.45) is 11.5 Å². The molecule has 1 atom stereocenters. The number of urea groups is 1. The largest absolute Gasteiger partial charge is 0.393 e. The third kappa shape index (κ3) is 5.60. The van der Waals surface area contributed by atoms with Crippen LogP contribution in [0.2, 0.25) is 0 Å². The van der Waals surface area contributed by atoms with Crippen LogP contribution in [0.4, 0.5) is 4.79 Å². The maximum Gasteiger partial charge on any atom is 0.312 e. The molecule has 0 aromatic rings. The molecule has 0 heterocycles. The molecule has 0 rings (SSSR count). The monoisotopic (exact) mass is 175 g/mol. The molecule has 0 fully saturated rings. The van der Waals surface area contributed by atoms with E-state index in [4.69, 9.17) is 11.5 Å². The zero-order valence-electron chi connectivity index (χ0n) is 6.46. The SMILES string of the molecule is CCC(CC(N)=S)NC(N)=O. The molecule has 0 aromatic carbocycles. The number of amides is 2. The number of hydrogen-bond donors (Lipinski definition) is 3. The Morgan fingerprint density at radius 3 is 2.45 bits per heavy atom. The highest BCUT2D eigenvalue weighted by atomic mass is 32.1. The molecule has 0 bridgehead atoms. The Bertz CT molecular complexity index is 144. The average Bonchev–Trinajstić information content (AvgIpc) is 1.84. The third-order valence-corrected chi connectivity index (χ3v) is 1.45. The lowest BCUT2D eigenvalue weighted by Crippen LogP contribution is -2.40. The number of nitrogens with two attached hydrogens (primary N) is 2. The fourth-order valence-electron chi connectivity index (χ4n) is 0.741. The zero-order chi connectivity index (χ0) is 8.85. The van der Waals surface area contributed by atoms with Gasteiger partial charge in [0.25, 0.3) is 0 Å². The summed E-state index contributed by atoms with van der Waals surface area (Å²) in [5.41, 5.74) is 10.2. The number of primary amides is 1. The van der Waals surface area contributed by atoms with Gasteiger partial charge in [0.2, 0.25) is 0 Å². The van der Waals surface area contributed by atoms with Crippen LogP contribution in [0, 0.1) is 0 Å². The molecule has 5 N–H and O–H groups in total. The summed E-state index contributed by atoms with van der Waals surface area (Å²) in [5, 5.41) is 2.53. The van der Waals surface area contributed by atoms with Crippen LogP contribution in [-0.4, -0.2) is 17.1 Å². The van der Waals surface area contributed by atoms with Crippen molar-refractivity contribution in [1.82, 2.24) is 5.32 Å². The van der Waals surface area contributed by atoms with Gasteiger partial charge in [-0.1, -0.05) is 19.1 Å². The minimum atomic E-state index is -0.534. The maximum atomic E-state index is 10.4. The van der Waals surface area contributed by atoms with Crippen LogP contribution in [0.3, 0.4) is 0 Å². The first-order chi connectivity index (χ1) is 5.06. The predicted molar refractivity (Wildman–Crippen MR) is 48.2 cm³/mol. The molecule has 1 unspecified atom stereocenters. The van der Waals surface area contributed by atoms with E-state index in [9.17, 15) is 4.79 Å². The van der Waals surface area contributed by atoms with Crippen molar-refractivity contribution in [3.8, 4) is 0 Å². The maximum absolute atomic E-state index is 10.4. The van der Waals surface area contributed by atoms with Crippen molar-refractivity contribution in [3.63, 3.8) is 0 Å². The lowest BCUT2D eigenvalue weighted by atomic mass is 10.1. The Balaban J connectivity index is 3.76. The number of hydrogen-bond acceptors (Lipinski definition) is 2. The Kier molecular flexibility index (Phi) is 4.52. The van der Waals surface area contributed by atoms with E-state index in [1.165, 1.54) is 0 Å². The number of nitrogens with one attached hydrogen (secondary N) is 1. The molecule has 0 aliphatic heterocycles. The standard InChI is InChI=1S/C6H13N3OS/c1-2-4(3-5(7)11)9-6(8)10/h4H,2-3H2,1H3,(H2,7,11)(H3,8,9,10). The van der Waals surface area contributed by atoms with Crippen molar-refractivity contribution >= 4 is 23.2 Å². The van der Waals surface area contributed by atoms with Crippen LogP contribution in [-0.2, 0) is 0 Å². The van der Waals surface area contributed by atoms with Gasteiger partial charge in [0.05, 0.1) is 4.99 Å². The molecular formula is C6H13N3OS. The third-order valence-electron chi connectivity index (χ3n) is 1.29. The number of carbonyl (C=O) groups excluding carboxylic acids is 1. The summed E-state index contributed by atoms with van der Waals surface area (Å²) in [7, 11) is 0. The van der Waals surface area contributed by atoms with E-state index in [-0.39, 0.29) is 6.04 Å². The second-order valence-electron chi connectivity index (χ2n) is 2.28. The first-order valence-electron chi connectivity index (χ1n) is 3.40. The molecular weight excluding hydrogens is 162 g/mol. The summed E-state index contributed by atoms with van der Waals surface area (Å²) in [6, 6.07) is -0.557. The van der Waals surface area contributed by atoms with E-state index in [2.05, 4.69) is 17.5 Å². The smallest absolute Gasteiger partial charge is 0.312 e. The van der Waals surface area contributed by atoms with Gasteiger partial charge >= 0.3 is 6.03 Å². The summed E-state index contributed by atoms with van der Waals surface area (Å²) in [6.45, 7) is 1.93. The van der Waals surface area contributed by atoms with Gasteiger partial charge in [-0.15, -0.1) is 0 Å². The van der Waals surface area contributed by atoms with Crippen LogP contribution >= 0.6 is 12.2 Å². The van der Waals surface area contributed by atoms with Crippen molar-refractivity contribution in [1.29, 1.82) is 0 Å². The molecule has 2 amide bonds. The van der Waals surface area contributed by atoms with E-state index in [0.29, 0.717) is 11.4 Å². The van der Waals surface area contributed by atoms with Crippen LogP contribution in [0.1, 0.15) is 19.8 Å². The first kappa shape index (κ1) is 10.2. The van der Waals surface area contributed by atoms with Crippen LogP contribution < -0.4 is 16.8 Å². The highest BCUT2D eigenvalue weighted by Crippen LogP contribution is 1.96. The molecule has 0 saturated heterocycles. The van der Waals surface area contributed by atoms with Crippen LogP contribution in [0.15, 0.2) is 0 Å². The van der Waals surface area contributed by atoms with E-state index in [1.807, 2.05) is 6.92 Å². The normalized spacial score (nSPS) is 12.1. The van der Waals surface area contributed by atoms with Crippen molar-refractivity contribution in [2.45, 2.75) is 25.8 Å². The van der Waals surface area contributed by atoms with Crippen molar-refractivity contribution in [2.75, 3.05) is 0 Å². The Hall–Kier alpha value is -0.840. The first-order valence-corrected chi connectivity index (χ1v) is 3.81. The van der Waals surface area contributed by atoms with Gasteiger partial charge in [0, 0.05) is 12.5 Å². The van der Waals surface area contributed by atoms with Crippen LogP contribution in [0.25, 0.3) is 0 Å². The predicted octanol–water partition coefficient (Wildman–Crippen LogP) is 0.110. The minimum Gasteiger partial charge on any atom is -0.393 e. The average molecular weight is 175 g/mol. The summed E-state index contributed by atoms with van der Waals surface area (Å²) in [4.78, 5) is 10.8. The molecule has 0 aliphatic carbocycles. The molecule has 4 nitrogen and oxygen atoms in total. The number of rotatable bonds is 4. The van der Waals surface area contributed by atoms with Gasteiger partial charge in [0.1, 0.15) is 0 Å². The van der Waals surface area contributed by atoms with E-state index in [1.54, 1.807) is 0 Å². The molecule has 11 heavy (non-hydrogen) atoms. The lowest BCUT2D eigenvalue weighted by molar-refractivity contribution is 0.245. The van der Waals surface area contributed by atoms with Gasteiger partial charge in [-0.3, -0.25) is 0 Å². The van der Waals surface area contributed by atoms with Gasteiger partial charge in [0.15, 0.2) is 0 Å². The van der Waals surface area contributed by atoms with Gasteiger partial charge in [-0.05, 0) is 6.42 Å². The van der Waals surface area contributed by atoms with Gasteiger partial charge in [-0.25, -0.2) is 4.79 Å². The molecule has 0 aliphatic rings. The van der Waals surface area contributed by atoms with Gasteiger partial charge in [-0.2, -0.15) is 0 Å². The second-order valence-corrected chi connectivity index (χ2v) is 2.81. The van der Waals surface area contributed by atoms with Crippen LogP contribution in [0.5, 0.6) is 0 Å². The highest BCUT2D eigenvalue weighted by molar-refractivity contribution is 7.80. The summed E-state index contributed by atoms with van der Waals surface area (Å²) in [5.74, 6) is 0. The van der Waals surface area contributed by atoms with Gasteiger partial charge < -0.3 is 16.8 Å². The van der Waals surface area contributed by atoms with E-state index in [0.717, 1.165) is 6.42 Å². The second kappa shape index (κ2) is 4.90. The van der Waals surface area contributed by atoms with E-state index >= 15 is 0 Å². The molecule has 0 saturated carbocycles. The summed E-state index contributed by atoms with van der Waals surface area (Å²) >= 11 is 4.68. The molecule has 0 radical (unpaired) electrons. The quantitative estimate of drug-likeness (QED) is 0.530. The van der Waals surface area contributed by atoms with E-state index < -0.39 is 6.03 Å². The lowest BCUT2D eigenvalue weighted by Gasteiger charge is -2.13. The Morgan fingerprint density at radius 2 is 2.18 bits per heavy atom. The molecule has 5 heteroatoms. The highest BCUT2D eigenvalue weighted by Gasteiger charge is 2.07. The summed E-state index contributed by atoms with van der Waals surface area (Å²) < 4.78 is 0. The molecule has 0 aromatic heterocycles. The minimum absolute atomic E-state index is 0.0231. The number of thiocarbonyl (C=S) groups is 1. The summed E-state index contributed by atoms with van der Waals surface area (Å²) in [6.07, 6.45) is 1.29. The fraction of sp³-hybridized carbons (Fsp3) is 0.667. The van der Waals surface area contributed by atoms with Crippen molar-refractivity contribution < 1.29 is 4.79 Å². The molecule has 64 valence electrons. The Morgan fingerprint density at radius 1 is 1.64 bits per heavy atom. The fourth-order valence-corrected chi connectivity index (χ4v) is 0.943. The zero-order valence-corrected chi connectivity index (χ0v) is 7.28. The number of carbonyl (C=O) groups is 1.